The summed E-state index contributed by atoms with van der Waals surface area (Å²) >= 11 is 0.739. The third-order valence-electron chi connectivity index (χ3n) is 4.15. The summed E-state index contributed by atoms with van der Waals surface area (Å²) in [5.74, 6) is 0. The number of benzene rings is 1. The Balaban J connectivity index is 1.32. The van der Waals surface area contributed by atoms with Crippen molar-refractivity contribution < 1.29 is 9.47 Å². The predicted octanol–water partition coefficient (Wildman–Crippen LogP) is 3.45. The summed E-state index contributed by atoms with van der Waals surface area (Å²) in [6.45, 7) is 0.741. The van der Waals surface area contributed by atoms with Gasteiger partial charge < -0.3 is 9.47 Å². The van der Waals surface area contributed by atoms with Crippen LogP contribution < -0.4 is 0 Å². The van der Waals surface area contributed by atoms with Gasteiger partial charge in [-0.15, -0.1) is 10.6 Å². The molecular formula is C16H22AlO2. The van der Waals surface area contributed by atoms with Gasteiger partial charge in [0.25, 0.3) is 0 Å². The molecule has 0 bridgehead atoms. The van der Waals surface area contributed by atoms with E-state index in [0.29, 0.717) is 18.3 Å². The zero-order valence-corrected chi connectivity index (χ0v) is 12.6. The maximum absolute atomic E-state index is 6.14. The lowest BCUT2D eigenvalue weighted by Crippen LogP contribution is -2.40. The molecule has 0 aromatic heterocycles. The van der Waals surface area contributed by atoms with E-state index in [4.69, 9.17) is 9.47 Å². The summed E-state index contributed by atoms with van der Waals surface area (Å²) in [6, 6.07) is 10.4. The minimum Gasteiger partial charge on any atom is -0.375 e. The third-order valence-corrected chi connectivity index (χ3v) is 5.63. The summed E-state index contributed by atoms with van der Waals surface area (Å²) in [7, 11) is 0. The molecule has 0 unspecified atom stereocenters. The fourth-order valence-corrected chi connectivity index (χ4v) is 4.36. The average Bonchev–Trinajstić information content (AvgIpc) is 2.43. The summed E-state index contributed by atoms with van der Waals surface area (Å²) < 4.78 is 12.1. The van der Waals surface area contributed by atoms with Crippen molar-refractivity contribution in [3.8, 4) is 0 Å². The first-order valence-corrected chi connectivity index (χ1v) is 9.16. The molecule has 1 saturated carbocycles. The molecule has 2 aliphatic rings. The van der Waals surface area contributed by atoms with Gasteiger partial charge in [0.2, 0.25) is 0 Å². The van der Waals surface area contributed by atoms with Gasteiger partial charge in [-0.1, -0.05) is 30.3 Å². The predicted molar refractivity (Wildman–Crippen MR) is 77.5 cm³/mol. The highest BCUT2D eigenvalue weighted by molar-refractivity contribution is 6.35. The molecular weight excluding hydrogens is 251 g/mol. The van der Waals surface area contributed by atoms with Crippen LogP contribution >= 0.6 is 0 Å². The molecule has 1 heterocycles. The smallest absolute Gasteiger partial charge is 0.200 e. The van der Waals surface area contributed by atoms with Gasteiger partial charge >= 0.3 is 0 Å². The zero-order chi connectivity index (χ0) is 12.9. The fourth-order valence-electron chi connectivity index (χ4n) is 2.86. The number of hydrogen-bond acceptors (Lipinski definition) is 2. The van der Waals surface area contributed by atoms with Crippen molar-refractivity contribution in [2.24, 2.45) is 0 Å². The van der Waals surface area contributed by atoms with Crippen molar-refractivity contribution in [1.29, 1.82) is 0 Å². The minimum atomic E-state index is 0.416. The van der Waals surface area contributed by atoms with Crippen LogP contribution in [0.1, 0.15) is 31.2 Å². The Morgan fingerprint density at radius 1 is 0.947 bits per heavy atom. The summed E-state index contributed by atoms with van der Waals surface area (Å²) in [6.07, 6.45) is 6.24. The van der Waals surface area contributed by atoms with Crippen molar-refractivity contribution in [2.75, 3.05) is 0 Å². The Bertz CT molecular complexity index is 370. The molecule has 101 valence electrons. The maximum Gasteiger partial charge on any atom is 0.200 e. The van der Waals surface area contributed by atoms with Crippen LogP contribution in [0, 0.1) is 0 Å². The lowest BCUT2D eigenvalue weighted by Gasteiger charge is -2.38. The van der Waals surface area contributed by atoms with Crippen molar-refractivity contribution in [3.05, 3.63) is 35.9 Å². The number of ether oxygens (including phenoxy) is 2. The van der Waals surface area contributed by atoms with Gasteiger partial charge in [0.1, 0.15) is 0 Å². The van der Waals surface area contributed by atoms with Crippen LogP contribution in [0.3, 0.4) is 0 Å². The van der Waals surface area contributed by atoms with Gasteiger partial charge in [-0.2, -0.15) is 0 Å². The first kappa shape index (κ1) is 13.6. The van der Waals surface area contributed by atoms with E-state index in [9.17, 15) is 0 Å². The van der Waals surface area contributed by atoms with Gasteiger partial charge in [-0.25, -0.2) is 0 Å². The van der Waals surface area contributed by atoms with E-state index in [1.807, 2.05) is 6.07 Å². The van der Waals surface area contributed by atoms with E-state index < -0.39 is 0 Å². The van der Waals surface area contributed by atoms with E-state index in [1.165, 1.54) is 29.0 Å². The van der Waals surface area contributed by atoms with Crippen molar-refractivity contribution >= 4 is 15.2 Å². The number of rotatable bonds is 5. The van der Waals surface area contributed by atoms with Gasteiger partial charge in [-0.05, 0) is 31.2 Å². The van der Waals surface area contributed by atoms with Crippen LogP contribution in [0.4, 0.5) is 0 Å². The van der Waals surface area contributed by atoms with Crippen LogP contribution in [-0.2, 0) is 16.1 Å². The summed E-state index contributed by atoms with van der Waals surface area (Å²) in [4.78, 5) is 0. The van der Waals surface area contributed by atoms with Gasteiger partial charge in [0, 0.05) is 0 Å². The Hall–Kier alpha value is -0.328. The Morgan fingerprint density at radius 3 is 2.42 bits per heavy atom. The quantitative estimate of drug-likeness (QED) is 0.765. The molecule has 0 spiro atoms. The van der Waals surface area contributed by atoms with Crippen LogP contribution in [0.5, 0.6) is 0 Å². The average molecular weight is 273 g/mol. The Kier molecular flexibility index (Phi) is 4.96. The first-order chi connectivity index (χ1) is 9.40. The molecule has 3 rings (SSSR count). The van der Waals surface area contributed by atoms with E-state index in [-0.39, 0.29) is 0 Å². The maximum atomic E-state index is 6.14. The molecule has 1 aliphatic carbocycles. The normalized spacial score (nSPS) is 27.6. The zero-order valence-electron chi connectivity index (χ0n) is 11.5. The van der Waals surface area contributed by atoms with Gasteiger partial charge in [-0.3, -0.25) is 0 Å². The fraction of sp³-hybridized carbons (Fsp3) is 0.625. The topological polar surface area (TPSA) is 18.5 Å². The molecule has 2 fully saturated rings. The van der Waals surface area contributed by atoms with Gasteiger partial charge in [0.05, 0.1) is 24.9 Å². The number of hydrogen-bond donors (Lipinski definition) is 0. The first-order valence-electron chi connectivity index (χ1n) is 7.53. The molecule has 19 heavy (non-hydrogen) atoms. The van der Waals surface area contributed by atoms with Gasteiger partial charge in [0.15, 0.2) is 15.2 Å². The van der Waals surface area contributed by atoms with Crippen LogP contribution in [0.2, 0.25) is 10.6 Å². The molecule has 2 nitrogen and oxygen atoms in total. The highest BCUT2D eigenvalue weighted by Gasteiger charge is 2.32. The standard InChI is InChI=1S/C16H22O2.Al/c1-3-14(4-2)18-16-10-15(11-16)17-12-13-8-6-5-7-9-13;/h5-9,14-16H,1-4,10-12H2;. The minimum absolute atomic E-state index is 0.416. The molecule has 0 N–H and O–H groups in total. The summed E-state index contributed by atoms with van der Waals surface area (Å²) in [5.41, 5.74) is 1.27. The molecule has 1 saturated heterocycles. The molecule has 1 aliphatic heterocycles. The summed E-state index contributed by atoms with van der Waals surface area (Å²) in [5, 5.41) is 2.87. The van der Waals surface area contributed by atoms with Crippen molar-refractivity contribution in [2.45, 2.75) is 61.2 Å². The van der Waals surface area contributed by atoms with E-state index in [2.05, 4.69) is 24.3 Å². The second kappa shape index (κ2) is 6.91. The molecule has 1 aromatic rings. The Morgan fingerprint density at radius 2 is 1.68 bits per heavy atom. The molecule has 0 amide bonds. The highest BCUT2D eigenvalue weighted by atomic mass is 27.1. The lowest BCUT2D eigenvalue weighted by atomic mass is 9.91. The second-order valence-electron chi connectivity index (χ2n) is 5.71. The molecule has 3 heteroatoms. The van der Waals surface area contributed by atoms with E-state index in [0.717, 1.165) is 34.7 Å². The van der Waals surface area contributed by atoms with Crippen LogP contribution in [0.15, 0.2) is 30.3 Å². The van der Waals surface area contributed by atoms with Crippen LogP contribution in [-0.4, -0.2) is 33.5 Å². The van der Waals surface area contributed by atoms with Crippen molar-refractivity contribution in [3.63, 3.8) is 0 Å². The highest BCUT2D eigenvalue weighted by Crippen LogP contribution is 2.30. The Labute approximate surface area is 122 Å². The second-order valence-corrected chi connectivity index (χ2v) is 7.45. The molecule has 1 aromatic carbocycles. The van der Waals surface area contributed by atoms with E-state index in [1.54, 1.807) is 0 Å². The molecule has 0 atom stereocenters. The SMILES string of the molecule is c1ccc(COC2CC(OC3C[CH2][Al][CH2]C3)C2)cc1. The largest absolute Gasteiger partial charge is 0.375 e. The van der Waals surface area contributed by atoms with Crippen LogP contribution in [0.25, 0.3) is 0 Å². The molecule has 1 radical (unpaired) electrons. The monoisotopic (exact) mass is 273 g/mol. The van der Waals surface area contributed by atoms with E-state index >= 15 is 0 Å². The van der Waals surface area contributed by atoms with Crippen molar-refractivity contribution in [1.82, 2.24) is 0 Å². The lowest BCUT2D eigenvalue weighted by molar-refractivity contribution is -0.131. The third kappa shape index (κ3) is 4.07.